The number of carbonyl (C=O) groups is 2. The van der Waals surface area contributed by atoms with Crippen molar-refractivity contribution in [3.63, 3.8) is 0 Å². The van der Waals surface area contributed by atoms with Crippen LogP contribution in [0.15, 0.2) is 42.5 Å². The van der Waals surface area contributed by atoms with Crippen LogP contribution in [0.2, 0.25) is 0 Å². The summed E-state index contributed by atoms with van der Waals surface area (Å²) >= 11 is 0. The highest BCUT2D eigenvalue weighted by molar-refractivity contribution is 6.06. The summed E-state index contributed by atoms with van der Waals surface area (Å²) in [4.78, 5) is 30.6. The van der Waals surface area contributed by atoms with Gasteiger partial charge in [0.1, 0.15) is 11.4 Å². The number of aromatic nitrogens is 1. The van der Waals surface area contributed by atoms with Gasteiger partial charge in [-0.1, -0.05) is 18.2 Å². The van der Waals surface area contributed by atoms with E-state index < -0.39 is 6.10 Å². The first-order chi connectivity index (χ1) is 11.1. The molecule has 2 heterocycles. The van der Waals surface area contributed by atoms with Crippen LogP contribution in [0.4, 0.5) is 5.69 Å². The number of pyridine rings is 1. The van der Waals surface area contributed by atoms with Crippen LogP contribution in [0.25, 0.3) is 0 Å². The molecular formula is C17H17N3O3. The lowest BCUT2D eigenvalue weighted by Gasteiger charge is -2.33. The summed E-state index contributed by atoms with van der Waals surface area (Å²) in [6.45, 7) is 1.97. The molecular weight excluding hydrogens is 294 g/mol. The number of rotatable bonds is 2. The molecule has 23 heavy (non-hydrogen) atoms. The van der Waals surface area contributed by atoms with E-state index in [4.69, 9.17) is 4.74 Å². The molecule has 6 nitrogen and oxygen atoms in total. The molecule has 0 fully saturated rings. The molecule has 1 unspecified atom stereocenters. The van der Waals surface area contributed by atoms with Crippen molar-refractivity contribution < 1.29 is 14.3 Å². The second-order valence-corrected chi connectivity index (χ2v) is 5.27. The van der Waals surface area contributed by atoms with Gasteiger partial charge in [-0.3, -0.25) is 14.5 Å². The highest BCUT2D eigenvalue weighted by atomic mass is 16.5. The Kier molecular flexibility index (Phi) is 3.97. The molecule has 3 rings (SSSR count). The molecule has 0 saturated heterocycles. The number of ether oxygens (including phenoxy) is 1. The lowest BCUT2D eigenvalue weighted by atomic mass is 10.1. The second-order valence-electron chi connectivity index (χ2n) is 5.27. The Labute approximate surface area is 134 Å². The van der Waals surface area contributed by atoms with E-state index >= 15 is 0 Å². The van der Waals surface area contributed by atoms with Gasteiger partial charge >= 0.3 is 0 Å². The minimum atomic E-state index is -0.747. The van der Waals surface area contributed by atoms with Crippen molar-refractivity contribution in [1.82, 2.24) is 10.3 Å². The summed E-state index contributed by atoms with van der Waals surface area (Å²) in [6, 6.07) is 12.5. The van der Waals surface area contributed by atoms with Crippen LogP contribution in [0.5, 0.6) is 5.75 Å². The molecule has 1 aromatic heterocycles. The molecule has 0 spiro atoms. The van der Waals surface area contributed by atoms with Gasteiger partial charge in [-0.05, 0) is 31.2 Å². The molecule has 1 atom stereocenters. The third kappa shape index (κ3) is 2.88. The first-order valence-corrected chi connectivity index (χ1v) is 7.33. The van der Waals surface area contributed by atoms with Crippen molar-refractivity contribution in [2.24, 2.45) is 0 Å². The number of para-hydroxylation sites is 2. The maximum Gasteiger partial charge on any atom is 0.277 e. The fourth-order valence-electron chi connectivity index (χ4n) is 2.52. The zero-order valence-corrected chi connectivity index (χ0v) is 12.9. The van der Waals surface area contributed by atoms with Crippen molar-refractivity contribution in [1.29, 1.82) is 0 Å². The summed E-state index contributed by atoms with van der Waals surface area (Å²) in [6.07, 6.45) is -0.747. The van der Waals surface area contributed by atoms with E-state index in [1.807, 2.05) is 19.1 Å². The number of fused-ring (bicyclic) bond motifs is 1. The highest BCUT2D eigenvalue weighted by Crippen LogP contribution is 2.33. The maximum atomic E-state index is 12.8. The number of hydrogen-bond acceptors (Lipinski definition) is 4. The normalized spacial score (nSPS) is 16.3. The number of aryl methyl sites for hydroxylation is 1. The van der Waals surface area contributed by atoms with Gasteiger partial charge in [-0.15, -0.1) is 0 Å². The predicted octanol–water partition coefficient (Wildman–Crippen LogP) is 1.54. The molecule has 6 heteroatoms. The standard InChI is InChI=1S/C17H17N3O3/c1-11-6-5-7-12(19-11)17(22)20-10-15(16(21)18-2)23-14-9-4-3-8-13(14)20/h3-9,15H,10H2,1-2H3,(H,18,21). The SMILES string of the molecule is CNC(=O)C1CN(C(=O)c2cccc(C)n2)c2ccccc2O1. The van der Waals surface area contributed by atoms with E-state index in [1.165, 1.54) is 0 Å². The molecule has 0 aliphatic carbocycles. The van der Waals surface area contributed by atoms with Gasteiger partial charge < -0.3 is 10.1 Å². The van der Waals surface area contributed by atoms with Gasteiger partial charge in [0.15, 0.2) is 6.10 Å². The average molecular weight is 311 g/mol. The Hall–Kier alpha value is -2.89. The van der Waals surface area contributed by atoms with Crippen molar-refractivity contribution in [3.8, 4) is 5.75 Å². The molecule has 118 valence electrons. The molecule has 1 aliphatic rings. The second kappa shape index (κ2) is 6.08. The van der Waals surface area contributed by atoms with E-state index in [-0.39, 0.29) is 18.4 Å². The minimum Gasteiger partial charge on any atom is -0.477 e. The van der Waals surface area contributed by atoms with E-state index in [2.05, 4.69) is 10.3 Å². The van der Waals surface area contributed by atoms with Crippen molar-refractivity contribution in [2.45, 2.75) is 13.0 Å². The molecule has 0 saturated carbocycles. The number of hydrogen-bond donors (Lipinski definition) is 1. The van der Waals surface area contributed by atoms with E-state index in [0.29, 0.717) is 17.1 Å². The Bertz CT molecular complexity index is 760. The van der Waals surface area contributed by atoms with Crippen molar-refractivity contribution in [2.75, 3.05) is 18.5 Å². The number of likely N-dealkylation sites (N-methyl/N-ethyl adjacent to an activating group) is 1. The largest absolute Gasteiger partial charge is 0.477 e. The Balaban J connectivity index is 1.99. The lowest BCUT2D eigenvalue weighted by molar-refractivity contribution is -0.127. The summed E-state index contributed by atoms with van der Waals surface area (Å²) in [5.74, 6) is -0.0128. The monoisotopic (exact) mass is 311 g/mol. The number of amides is 2. The zero-order chi connectivity index (χ0) is 16.4. The first kappa shape index (κ1) is 15.0. The maximum absolute atomic E-state index is 12.8. The fraction of sp³-hybridized carbons (Fsp3) is 0.235. The molecule has 2 amide bonds. The van der Waals surface area contributed by atoms with Gasteiger partial charge in [0.25, 0.3) is 11.8 Å². The zero-order valence-electron chi connectivity index (χ0n) is 12.9. The van der Waals surface area contributed by atoms with E-state index in [1.54, 1.807) is 42.3 Å². The predicted molar refractivity (Wildman–Crippen MR) is 85.6 cm³/mol. The van der Waals surface area contributed by atoms with Crippen molar-refractivity contribution >= 4 is 17.5 Å². The summed E-state index contributed by atoms with van der Waals surface area (Å²) < 4.78 is 5.70. The van der Waals surface area contributed by atoms with Crippen molar-refractivity contribution in [3.05, 3.63) is 53.9 Å². The summed E-state index contributed by atoms with van der Waals surface area (Å²) in [5.41, 5.74) is 1.75. The van der Waals surface area contributed by atoms with Gasteiger partial charge in [0.05, 0.1) is 12.2 Å². The highest BCUT2D eigenvalue weighted by Gasteiger charge is 2.34. The quantitative estimate of drug-likeness (QED) is 0.913. The number of nitrogens with one attached hydrogen (secondary N) is 1. The van der Waals surface area contributed by atoms with Gasteiger partial charge in [0, 0.05) is 12.7 Å². The average Bonchev–Trinajstić information content (AvgIpc) is 2.59. The van der Waals surface area contributed by atoms with Crippen LogP contribution in [-0.2, 0) is 4.79 Å². The third-order valence-corrected chi connectivity index (χ3v) is 3.67. The van der Waals surface area contributed by atoms with Crippen LogP contribution in [-0.4, -0.2) is 36.5 Å². The van der Waals surface area contributed by atoms with Crippen LogP contribution in [0, 0.1) is 6.92 Å². The number of carbonyl (C=O) groups excluding carboxylic acids is 2. The van der Waals surface area contributed by atoms with Crippen LogP contribution in [0.1, 0.15) is 16.2 Å². The third-order valence-electron chi connectivity index (χ3n) is 3.67. The van der Waals surface area contributed by atoms with Crippen LogP contribution >= 0.6 is 0 Å². The number of nitrogens with zero attached hydrogens (tertiary/aromatic N) is 2. The van der Waals surface area contributed by atoms with Crippen LogP contribution in [0.3, 0.4) is 0 Å². The van der Waals surface area contributed by atoms with E-state index in [9.17, 15) is 9.59 Å². The summed E-state index contributed by atoms with van der Waals surface area (Å²) in [5, 5.41) is 2.56. The summed E-state index contributed by atoms with van der Waals surface area (Å²) in [7, 11) is 1.54. The molecule has 1 aromatic carbocycles. The Morgan fingerprint density at radius 2 is 2.00 bits per heavy atom. The van der Waals surface area contributed by atoms with Gasteiger partial charge in [0.2, 0.25) is 0 Å². The molecule has 0 radical (unpaired) electrons. The smallest absolute Gasteiger partial charge is 0.277 e. The minimum absolute atomic E-state index is 0.144. The molecule has 2 aromatic rings. The van der Waals surface area contributed by atoms with Gasteiger partial charge in [-0.25, -0.2) is 4.98 Å². The Morgan fingerprint density at radius 1 is 1.22 bits per heavy atom. The number of anilines is 1. The Morgan fingerprint density at radius 3 is 2.74 bits per heavy atom. The lowest BCUT2D eigenvalue weighted by Crippen LogP contribution is -2.50. The number of benzene rings is 1. The molecule has 0 bridgehead atoms. The first-order valence-electron chi connectivity index (χ1n) is 7.33. The molecule has 1 N–H and O–H groups in total. The molecule has 1 aliphatic heterocycles. The fourth-order valence-corrected chi connectivity index (χ4v) is 2.52. The van der Waals surface area contributed by atoms with Gasteiger partial charge in [-0.2, -0.15) is 0 Å². The van der Waals surface area contributed by atoms with Crippen LogP contribution < -0.4 is 15.0 Å². The topological polar surface area (TPSA) is 71.5 Å². The van der Waals surface area contributed by atoms with E-state index in [0.717, 1.165) is 5.69 Å².